The van der Waals surface area contributed by atoms with E-state index in [0.29, 0.717) is 11.8 Å². The molecule has 2 aliphatic heterocycles. The minimum Gasteiger partial charge on any atom is -0.513 e. The van der Waals surface area contributed by atoms with E-state index in [1.807, 2.05) is 6.08 Å². The number of rotatable bonds is 0. The van der Waals surface area contributed by atoms with Gasteiger partial charge < -0.3 is 5.11 Å². The van der Waals surface area contributed by atoms with Crippen molar-refractivity contribution in [3.8, 4) is 0 Å². The summed E-state index contributed by atoms with van der Waals surface area (Å²) in [6, 6.07) is 8.87. The number of hydrogen-bond donors (Lipinski definition) is 1. The topological polar surface area (TPSA) is 23.5 Å². The smallest absolute Gasteiger partial charge is 0.0914 e. The minimum atomic E-state index is 0.309. The number of aliphatic hydroxyl groups excluding tert-OH is 1. The highest BCUT2D eigenvalue weighted by molar-refractivity contribution is 5.36. The molecular formula is C13H15NO. The molecule has 78 valence electrons. The third kappa shape index (κ3) is 1.45. The third-order valence-corrected chi connectivity index (χ3v) is 3.44. The quantitative estimate of drug-likeness (QED) is 0.697. The fourth-order valence-corrected chi connectivity index (χ4v) is 2.62. The Morgan fingerprint density at radius 2 is 1.93 bits per heavy atom. The molecule has 0 amide bonds. The van der Waals surface area contributed by atoms with E-state index < -0.39 is 0 Å². The minimum absolute atomic E-state index is 0.309. The van der Waals surface area contributed by atoms with Gasteiger partial charge in [0.25, 0.3) is 0 Å². The zero-order chi connectivity index (χ0) is 10.3. The van der Waals surface area contributed by atoms with Crippen molar-refractivity contribution in [3.63, 3.8) is 0 Å². The monoisotopic (exact) mass is 201 g/mol. The zero-order valence-electron chi connectivity index (χ0n) is 8.69. The maximum Gasteiger partial charge on any atom is 0.0914 e. The average molecular weight is 201 g/mol. The molecule has 15 heavy (non-hydrogen) atoms. The van der Waals surface area contributed by atoms with Crippen LogP contribution >= 0.6 is 0 Å². The number of benzene rings is 1. The predicted octanol–water partition coefficient (Wildman–Crippen LogP) is 2.43. The van der Waals surface area contributed by atoms with Gasteiger partial charge in [0.05, 0.1) is 11.8 Å². The molecule has 3 rings (SSSR count). The van der Waals surface area contributed by atoms with Crippen LogP contribution < -0.4 is 0 Å². The van der Waals surface area contributed by atoms with Crippen LogP contribution in [0.5, 0.6) is 0 Å². The first-order valence-electron chi connectivity index (χ1n) is 5.56. The van der Waals surface area contributed by atoms with Crippen molar-refractivity contribution in [2.45, 2.75) is 18.9 Å². The third-order valence-electron chi connectivity index (χ3n) is 3.44. The van der Waals surface area contributed by atoms with Crippen LogP contribution in [0.15, 0.2) is 36.1 Å². The summed E-state index contributed by atoms with van der Waals surface area (Å²) in [4.78, 5) is 2.45. The van der Waals surface area contributed by atoms with Gasteiger partial charge in [0.15, 0.2) is 0 Å². The molecular weight excluding hydrogens is 186 g/mol. The molecule has 1 aromatic rings. The van der Waals surface area contributed by atoms with Gasteiger partial charge in [-0.3, -0.25) is 4.90 Å². The largest absolute Gasteiger partial charge is 0.513 e. The van der Waals surface area contributed by atoms with Crippen molar-refractivity contribution in [1.82, 2.24) is 4.90 Å². The van der Waals surface area contributed by atoms with E-state index in [2.05, 4.69) is 29.2 Å². The summed E-state index contributed by atoms with van der Waals surface area (Å²) in [5.41, 5.74) is 2.81. The molecule has 2 nitrogen and oxygen atoms in total. The van der Waals surface area contributed by atoms with Gasteiger partial charge in [-0.15, -0.1) is 0 Å². The second-order valence-corrected chi connectivity index (χ2v) is 4.34. The molecule has 2 heteroatoms. The lowest BCUT2D eigenvalue weighted by molar-refractivity contribution is 0.186. The van der Waals surface area contributed by atoms with E-state index >= 15 is 0 Å². The first-order valence-corrected chi connectivity index (χ1v) is 5.56. The molecule has 0 aliphatic carbocycles. The Balaban J connectivity index is 2.07. The second kappa shape index (κ2) is 3.38. The van der Waals surface area contributed by atoms with Crippen LogP contribution in [0.1, 0.15) is 23.6 Å². The molecule has 1 atom stereocenters. The summed E-state index contributed by atoms with van der Waals surface area (Å²) in [6.45, 7) is 2.10. The summed E-state index contributed by atoms with van der Waals surface area (Å²) in [6.07, 6.45) is 3.95. The Morgan fingerprint density at radius 1 is 1.13 bits per heavy atom. The molecule has 0 bridgehead atoms. The fraction of sp³-hybridized carbons (Fsp3) is 0.385. The van der Waals surface area contributed by atoms with Crippen LogP contribution in [0.2, 0.25) is 0 Å². The van der Waals surface area contributed by atoms with E-state index in [-0.39, 0.29) is 0 Å². The lowest BCUT2D eigenvalue weighted by Crippen LogP contribution is -2.37. The van der Waals surface area contributed by atoms with Crippen LogP contribution in [0.3, 0.4) is 0 Å². The van der Waals surface area contributed by atoms with Gasteiger partial charge in [0, 0.05) is 19.5 Å². The Labute approximate surface area is 89.8 Å². The maximum absolute atomic E-state index is 9.61. The van der Waals surface area contributed by atoms with Crippen molar-refractivity contribution in [3.05, 3.63) is 47.2 Å². The lowest BCUT2D eigenvalue weighted by atomic mass is 9.90. The molecule has 1 N–H and O–H groups in total. The predicted molar refractivity (Wildman–Crippen MR) is 59.8 cm³/mol. The van der Waals surface area contributed by atoms with Gasteiger partial charge in [0.1, 0.15) is 0 Å². The summed E-state index contributed by atoms with van der Waals surface area (Å²) < 4.78 is 0. The average Bonchev–Trinajstić information content (AvgIpc) is 2.29. The van der Waals surface area contributed by atoms with Gasteiger partial charge >= 0.3 is 0 Å². The molecule has 2 heterocycles. The highest BCUT2D eigenvalue weighted by Crippen LogP contribution is 2.34. The Hall–Kier alpha value is -1.28. The van der Waals surface area contributed by atoms with E-state index in [9.17, 15) is 5.11 Å². The summed E-state index contributed by atoms with van der Waals surface area (Å²) in [5, 5.41) is 9.61. The van der Waals surface area contributed by atoms with Gasteiger partial charge in [-0.05, 0) is 23.6 Å². The second-order valence-electron chi connectivity index (χ2n) is 4.34. The zero-order valence-corrected chi connectivity index (χ0v) is 8.69. The SMILES string of the molecule is OC1=CC2c3ccccc3CCN2CC1. The van der Waals surface area contributed by atoms with Crippen LogP contribution in [0.25, 0.3) is 0 Å². The molecule has 2 aliphatic rings. The summed E-state index contributed by atoms with van der Waals surface area (Å²) in [7, 11) is 0. The standard InChI is InChI=1S/C13H15NO/c15-11-6-8-14-7-5-10-3-1-2-4-12(10)13(14)9-11/h1-4,9,13,15H,5-8H2. The number of fused-ring (bicyclic) bond motifs is 3. The number of nitrogens with zero attached hydrogens (tertiary/aromatic N) is 1. The Bertz CT molecular complexity index is 411. The molecule has 0 saturated heterocycles. The number of hydrogen-bond acceptors (Lipinski definition) is 2. The summed E-state index contributed by atoms with van der Waals surface area (Å²) in [5.74, 6) is 0.549. The van der Waals surface area contributed by atoms with E-state index in [1.165, 1.54) is 11.1 Å². The highest BCUT2D eigenvalue weighted by Gasteiger charge is 2.28. The highest BCUT2D eigenvalue weighted by atomic mass is 16.3. The first kappa shape index (κ1) is 8.98. The molecule has 0 saturated carbocycles. The Morgan fingerprint density at radius 3 is 2.87 bits per heavy atom. The van der Waals surface area contributed by atoms with Crippen LogP contribution in [-0.2, 0) is 6.42 Å². The van der Waals surface area contributed by atoms with E-state index in [4.69, 9.17) is 0 Å². The number of aliphatic hydroxyl groups is 1. The van der Waals surface area contributed by atoms with Crippen molar-refractivity contribution in [1.29, 1.82) is 0 Å². The van der Waals surface area contributed by atoms with Crippen LogP contribution in [0, 0.1) is 0 Å². The maximum atomic E-state index is 9.61. The molecule has 0 spiro atoms. The first-order chi connectivity index (χ1) is 7.34. The molecule has 0 aromatic heterocycles. The van der Waals surface area contributed by atoms with Crippen LogP contribution in [0.4, 0.5) is 0 Å². The van der Waals surface area contributed by atoms with Crippen molar-refractivity contribution >= 4 is 0 Å². The Kier molecular flexibility index (Phi) is 2.03. The van der Waals surface area contributed by atoms with Gasteiger partial charge in [0.2, 0.25) is 0 Å². The summed E-state index contributed by atoms with van der Waals surface area (Å²) >= 11 is 0. The fourth-order valence-electron chi connectivity index (χ4n) is 2.62. The van der Waals surface area contributed by atoms with Gasteiger partial charge in [-0.2, -0.15) is 0 Å². The van der Waals surface area contributed by atoms with Gasteiger partial charge in [-0.25, -0.2) is 0 Å². The van der Waals surface area contributed by atoms with Crippen molar-refractivity contribution in [2.75, 3.05) is 13.1 Å². The van der Waals surface area contributed by atoms with E-state index in [1.54, 1.807) is 0 Å². The lowest BCUT2D eigenvalue weighted by Gasteiger charge is -2.38. The normalized spacial score (nSPS) is 25.3. The van der Waals surface area contributed by atoms with Crippen LogP contribution in [-0.4, -0.2) is 23.1 Å². The molecule has 0 fully saturated rings. The van der Waals surface area contributed by atoms with Crippen molar-refractivity contribution in [2.24, 2.45) is 0 Å². The van der Waals surface area contributed by atoms with Gasteiger partial charge in [-0.1, -0.05) is 24.3 Å². The molecule has 0 radical (unpaired) electrons. The van der Waals surface area contributed by atoms with E-state index in [0.717, 1.165) is 25.9 Å². The molecule has 1 unspecified atom stereocenters. The molecule has 1 aromatic carbocycles. The van der Waals surface area contributed by atoms with Crippen molar-refractivity contribution < 1.29 is 5.11 Å².